The number of aromatic nitrogens is 10. The van der Waals surface area contributed by atoms with Crippen LogP contribution in [0.15, 0.2) is 177 Å². The minimum atomic E-state index is -4.72. The van der Waals surface area contributed by atoms with E-state index in [0.717, 1.165) is 44.8 Å². The fourth-order valence-corrected chi connectivity index (χ4v) is 18.4. The molecule has 0 bridgehead atoms. The molecule has 0 aliphatic heterocycles. The Hall–Kier alpha value is -10.3. The molecule has 0 fully saturated rings. The Bertz CT molecular complexity index is 6630. The second-order valence-electron chi connectivity index (χ2n) is 38.5. The van der Waals surface area contributed by atoms with Crippen LogP contribution in [-0.2, 0) is 62.0 Å². The molecule has 0 aliphatic rings. The molecule has 30 nitrogen and oxygen atoms in total. The summed E-state index contributed by atoms with van der Waals surface area (Å²) in [5.41, 5.74) is 27.7. The highest BCUT2D eigenvalue weighted by atomic mass is 79.9. The average molecular weight is 2380 g/mol. The van der Waals surface area contributed by atoms with E-state index in [-0.39, 0.29) is 126 Å². The maximum Gasteiger partial charge on any atom is 0.488 e. The number of non-ortho nitro benzene ring substituents is 3. The SMILES string of the molecule is CC(C)(C)[Si](C)(C)OCCBr.CC(C)(C)[Si](C)(C)OCCn1c(C(F)(F)F)nc2c(-c3ccccc3)cc(N)cc21.CC(C)(C)[Si](C)(C)OCCn1c(C(F)(F)F)nc2c(-c3ccccc3)cc([N+](=O)[O-])cc21.CC(C)(C)[Si](C)(C)OCCn1c(C(F)(F)F)nc2c(Br)cc(N)cc21.Nc1cc([N+](=O)[O-])cc(Br)c1N.O=[N+]([O-])c1cc(Br)c2nc(C(F)(F)F)[nH]c2c1.OB(O)c1ccccc1.[C-]#[N+]c1cnc(Cl)nc1. The van der Waals surface area contributed by atoms with E-state index in [0.29, 0.717) is 64.4 Å². The zero-order valence-electron chi connectivity index (χ0n) is 82.8. The number of H-pyrrole nitrogens is 1. The third-order valence-corrected chi connectivity index (χ3v) is 44.5. The van der Waals surface area contributed by atoms with E-state index in [9.17, 15) is 83.0 Å². The second kappa shape index (κ2) is 50.1. The van der Waals surface area contributed by atoms with E-state index in [1.54, 1.807) is 72.8 Å². The van der Waals surface area contributed by atoms with Crippen molar-refractivity contribution in [3.05, 3.63) is 248 Å². The Balaban J connectivity index is 0.000000264. The predicted molar refractivity (Wildman–Crippen MR) is 569 cm³/mol. The average Bonchev–Trinajstić information content (AvgIpc) is 1.61. The van der Waals surface area contributed by atoms with Crippen LogP contribution in [0.5, 0.6) is 0 Å². The summed E-state index contributed by atoms with van der Waals surface area (Å²) >= 11 is 17.9. The monoisotopic (exact) mass is 2380 g/mol. The number of nitrogens with zero attached hydrogens (tertiary/aromatic N) is 13. The van der Waals surface area contributed by atoms with Crippen LogP contribution in [0.4, 0.5) is 98.2 Å². The maximum absolute atomic E-state index is 13.9. The Labute approximate surface area is 873 Å². The second-order valence-corrected chi connectivity index (χ2v) is 61.4. The van der Waals surface area contributed by atoms with Gasteiger partial charge in [-0.3, -0.25) is 30.3 Å². The normalized spacial score (nSPS) is 12.3. The Kier molecular flexibility index (Phi) is 42.6. The van der Waals surface area contributed by atoms with Gasteiger partial charge in [0.2, 0.25) is 34.3 Å². The number of nitrogen functional groups attached to an aromatic ring is 4. The highest BCUT2D eigenvalue weighted by Crippen LogP contribution is 2.46. The quantitative estimate of drug-likeness (QED) is 0.00513. The number of imidazole rings is 4. The molecule has 0 saturated heterocycles. The van der Waals surface area contributed by atoms with Crippen LogP contribution in [0.1, 0.15) is 106 Å². The third kappa shape index (κ3) is 34.4. The fourth-order valence-electron chi connectivity index (χ4n) is 12.1. The zero-order valence-corrected chi connectivity index (χ0v) is 93.9. The van der Waals surface area contributed by atoms with Crippen molar-refractivity contribution in [3.8, 4) is 22.3 Å². The van der Waals surface area contributed by atoms with E-state index in [1.165, 1.54) is 41.2 Å². The number of alkyl halides is 13. The molecule has 145 heavy (non-hydrogen) atoms. The lowest BCUT2D eigenvalue weighted by Gasteiger charge is -2.36. The number of fused-ring (bicyclic) bond motifs is 4. The first-order valence-electron chi connectivity index (χ1n) is 44.1. The molecule has 5 aromatic heterocycles. The minimum Gasteiger partial charge on any atom is -0.423 e. The summed E-state index contributed by atoms with van der Waals surface area (Å²) in [6, 6.07) is 39.7. The van der Waals surface area contributed by atoms with E-state index in [2.05, 4.69) is 200 Å². The van der Waals surface area contributed by atoms with Crippen molar-refractivity contribution in [3.63, 3.8) is 0 Å². The minimum absolute atomic E-state index is 0.00271. The number of anilines is 4. The molecule has 0 spiro atoms. The molecule has 0 amide bonds. The smallest absolute Gasteiger partial charge is 0.423 e. The fraction of sp³-hybridized carbons (Fsp3) is 0.387. The summed E-state index contributed by atoms with van der Waals surface area (Å²) in [5, 5.41) is 50.8. The van der Waals surface area contributed by atoms with E-state index < -0.39 is 103 Å². The molecule has 786 valence electrons. The Morgan fingerprint density at radius 1 is 0.448 bits per heavy atom. The first-order valence-corrected chi connectivity index (χ1v) is 59.6. The summed E-state index contributed by atoms with van der Waals surface area (Å²) in [6.45, 7) is 50.1. The molecule has 0 unspecified atom stereocenters. The van der Waals surface area contributed by atoms with Gasteiger partial charge in [-0.15, -0.1) is 0 Å². The molecular formula is C93H114BBr4ClF12N18O12Si4. The summed E-state index contributed by atoms with van der Waals surface area (Å²) in [5.74, 6) is -4.15. The zero-order chi connectivity index (χ0) is 110. The molecule has 13 aromatic rings. The van der Waals surface area contributed by atoms with Crippen molar-refractivity contribution in [2.75, 3.05) is 54.7 Å². The summed E-state index contributed by atoms with van der Waals surface area (Å²) in [4.78, 5) is 57.8. The number of benzene rings is 8. The van der Waals surface area contributed by atoms with Gasteiger partial charge < -0.3 is 69.4 Å². The van der Waals surface area contributed by atoms with Gasteiger partial charge in [0.15, 0.2) is 33.3 Å². The van der Waals surface area contributed by atoms with Crippen molar-refractivity contribution in [2.24, 2.45) is 0 Å². The lowest BCUT2D eigenvalue weighted by atomic mass is 9.81. The van der Waals surface area contributed by atoms with E-state index in [1.807, 2.05) is 75.2 Å². The van der Waals surface area contributed by atoms with Crippen LogP contribution in [0.25, 0.3) is 71.2 Å². The number of nitro groups is 3. The number of nitrogens with two attached hydrogens (primary N) is 4. The van der Waals surface area contributed by atoms with Gasteiger partial charge in [-0.05, 0) is 173 Å². The molecule has 52 heteroatoms. The molecule has 11 N–H and O–H groups in total. The Morgan fingerprint density at radius 3 is 1.12 bits per heavy atom. The number of nitro benzene ring substituents is 3. The summed E-state index contributed by atoms with van der Waals surface area (Å²) < 4.78 is 189. The summed E-state index contributed by atoms with van der Waals surface area (Å²) in [6.07, 6.45) is -15.7. The molecule has 13 rings (SSSR count). The van der Waals surface area contributed by atoms with Crippen LogP contribution >= 0.6 is 75.3 Å². The van der Waals surface area contributed by atoms with Gasteiger partial charge >= 0.3 is 31.8 Å². The molecule has 5 heterocycles. The molecule has 0 saturated carbocycles. The lowest BCUT2D eigenvalue weighted by Crippen LogP contribution is -2.41. The maximum atomic E-state index is 13.9. The van der Waals surface area contributed by atoms with Crippen molar-refractivity contribution in [1.82, 2.24) is 48.6 Å². The molecular weight excluding hydrogens is 2270 g/mol. The van der Waals surface area contributed by atoms with Crippen LogP contribution < -0.4 is 28.4 Å². The summed E-state index contributed by atoms with van der Waals surface area (Å²) in [7, 11) is -9.11. The number of aromatic amines is 1. The van der Waals surface area contributed by atoms with Gasteiger partial charge in [0.05, 0.1) is 90.1 Å². The standard InChI is InChI=1S/C22H26F3N3O3Si.C22H28F3N3OSi.C16H23BrF3N3OSi.C8H3BrF3N3O2.C8H19BrOSi.C6H7BO2.C6H6BrN3O2.C5H2ClN3/c1-21(2,3)32(4,5)31-12-11-27-18-14-16(28(29)30)13-17(15-9-7-6-8-10-15)19(18)26-20(27)22(23,24)25;1-21(2,3)30(4,5)29-12-11-28-18-14-16(26)13-17(15-9-7-6-8-10-15)19(18)27-20(28)22(23,24)25;1-15(2,3)25(4,5)24-7-6-23-12-9-10(21)8-11(17)13(12)22-14(23)16(18,19)20;9-4-1-3(15(16)17)2-5-6(4)14-7(13-5)8(10,11)12;1-8(2,3)11(4,5)10-7-6-9;8-7(9)6-4-2-1-3-5-6;7-4-1-3(10(11)12)2-5(8)6(4)9;1-7-4-2-8-5(6)9-3-4/h6-10,13-14H,11-12H2,1-5H3;6-10,13-14H,11-12,26H2,1-5H3;8-9H,6-7,21H2,1-5H3;1-2H,(H,13,14);6-7H2,1-5H3;1-5,8-9H;1-2H,8-9H2;2-3H. The first-order chi connectivity index (χ1) is 66.5. The molecule has 0 aliphatic carbocycles. The highest BCUT2D eigenvalue weighted by Gasteiger charge is 2.45. The van der Waals surface area contributed by atoms with Crippen molar-refractivity contribution in [1.29, 1.82) is 0 Å². The van der Waals surface area contributed by atoms with Gasteiger partial charge in [-0.1, -0.05) is 190 Å². The lowest BCUT2D eigenvalue weighted by molar-refractivity contribution is -0.385. The molecule has 0 atom stereocenters. The largest absolute Gasteiger partial charge is 0.488 e. The number of halogens is 17. The van der Waals surface area contributed by atoms with Gasteiger partial charge in [0.25, 0.3) is 17.1 Å². The third-order valence-electron chi connectivity index (χ3n) is 24.0. The molecule has 8 aromatic carbocycles. The van der Waals surface area contributed by atoms with Crippen molar-refractivity contribution >= 4 is 211 Å². The highest BCUT2D eigenvalue weighted by molar-refractivity contribution is 9.11. The van der Waals surface area contributed by atoms with Gasteiger partial charge in [-0.25, -0.2) is 34.7 Å². The van der Waals surface area contributed by atoms with E-state index in [4.69, 9.17) is 68.9 Å². The van der Waals surface area contributed by atoms with Crippen LogP contribution in [0.2, 0.25) is 77.8 Å². The first kappa shape index (κ1) is 123. The Morgan fingerprint density at radius 2 is 0.779 bits per heavy atom. The van der Waals surface area contributed by atoms with Gasteiger partial charge in [0, 0.05) is 112 Å². The van der Waals surface area contributed by atoms with Crippen LogP contribution in [0, 0.1) is 36.9 Å². The molecule has 0 radical (unpaired) electrons. The van der Waals surface area contributed by atoms with E-state index >= 15 is 0 Å². The number of hydrogen-bond acceptors (Lipinski definition) is 22. The predicted octanol–water partition coefficient (Wildman–Crippen LogP) is 27.6. The van der Waals surface area contributed by atoms with Crippen LogP contribution in [0.3, 0.4) is 0 Å². The number of rotatable bonds is 21. The van der Waals surface area contributed by atoms with Crippen molar-refractivity contribution in [2.45, 2.75) is 200 Å². The van der Waals surface area contributed by atoms with Crippen molar-refractivity contribution < 1.29 is 95.2 Å². The number of nitrogens with one attached hydrogen (secondary N) is 1. The number of hydrogen-bond donors (Lipinski definition) is 7. The van der Waals surface area contributed by atoms with Gasteiger partial charge in [0.1, 0.15) is 11.0 Å². The van der Waals surface area contributed by atoms with Gasteiger partial charge in [-0.2, -0.15) is 52.7 Å². The topological polar surface area (TPSA) is 423 Å². The van der Waals surface area contributed by atoms with Crippen LogP contribution in [-0.4, -0.2) is 146 Å².